The largest absolute Gasteiger partial charge is 0.490 e. The number of furan rings is 1. The maximum Gasteiger partial charge on any atom is 0.490 e. The second-order valence-corrected chi connectivity index (χ2v) is 7.57. The van der Waals surface area contributed by atoms with Crippen molar-refractivity contribution in [1.82, 2.24) is 14.8 Å². The van der Waals surface area contributed by atoms with E-state index in [4.69, 9.17) is 14.3 Å². The summed E-state index contributed by atoms with van der Waals surface area (Å²) in [6.45, 7) is 3.13. The van der Waals surface area contributed by atoms with Crippen LogP contribution in [0.4, 0.5) is 13.2 Å². The molecule has 11 heteroatoms. The minimum absolute atomic E-state index is 0.00997. The molecule has 0 bridgehead atoms. The van der Waals surface area contributed by atoms with E-state index >= 15 is 0 Å². The van der Waals surface area contributed by atoms with Crippen LogP contribution in [0.5, 0.6) is 0 Å². The highest BCUT2D eigenvalue weighted by atomic mass is 19.4. The van der Waals surface area contributed by atoms with Crippen molar-refractivity contribution in [1.29, 1.82) is 0 Å². The van der Waals surface area contributed by atoms with Gasteiger partial charge in [0, 0.05) is 18.7 Å². The number of nitrogens with zero attached hydrogens (tertiary/aromatic N) is 3. The zero-order valence-corrected chi connectivity index (χ0v) is 17.2. The van der Waals surface area contributed by atoms with Gasteiger partial charge in [-0.3, -0.25) is 14.6 Å². The van der Waals surface area contributed by atoms with Gasteiger partial charge >= 0.3 is 12.1 Å². The fraction of sp³-hybridized carbons (Fsp3) is 0.429. The Labute approximate surface area is 181 Å². The van der Waals surface area contributed by atoms with Crippen LogP contribution in [-0.2, 0) is 16.1 Å². The number of fused-ring (bicyclic) bond motifs is 1. The summed E-state index contributed by atoms with van der Waals surface area (Å²) in [6.07, 6.45) is -0.0717. The van der Waals surface area contributed by atoms with Crippen molar-refractivity contribution >= 4 is 17.8 Å². The van der Waals surface area contributed by atoms with E-state index < -0.39 is 12.1 Å². The Kier molecular flexibility index (Phi) is 6.85. The molecule has 8 nitrogen and oxygen atoms in total. The molecule has 0 spiro atoms. The van der Waals surface area contributed by atoms with Crippen LogP contribution in [0, 0.1) is 6.92 Å². The number of hydrogen-bond donors (Lipinski definition) is 1. The fourth-order valence-corrected chi connectivity index (χ4v) is 4.02. The number of halogens is 3. The quantitative estimate of drug-likeness (QED) is 0.766. The zero-order valence-electron chi connectivity index (χ0n) is 17.2. The molecule has 2 fully saturated rings. The van der Waals surface area contributed by atoms with E-state index in [-0.39, 0.29) is 23.9 Å². The fourth-order valence-electron chi connectivity index (χ4n) is 4.02. The van der Waals surface area contributed by atoms with Crippen LogP contribution in [0.25, 0.3) is 0 Å². The van der Waals surface area contributed by atoms with E-state index in [9.17, 15) is 22.8 Å². The number of hydrogen-bond acceptors (Lipinski definition) is 5. The lowest BCUT2D eigenvalue weighted by Crippen LogP contribution is -2.52. The molecule has 2 aliphatic heterocycles. The number of aromatic nitrogens is 1. The number of rotatable bonds is 3. The molecule has 2 aromatic rings. The van der Waals surface area contributed by atoms with Crippen molar-refractivity contribution in [3.63, 3.8) is 0 Å². The van der Waals surface area contributed by atoms with Gasteiger partial charge in [-0.1, -0.05) is 6.07 Å². The van der Waals surface area contributed by atoms with E-state index in [2.05, 4.69) is 4.98 Å². The molecular weight excluding hydrogens is 431 g/mol. The highest BCUT2D eigenvalue weighted by Crippen LogP contribution is 2.33. The molecule has 0 unspecified atom stereocenters. The molecule has 0 saturated carbocycles. The highest BCUT2D eigenvalue weighted by Gasteiger charge is 2.45. The molecule has 1 N–H and O–H groups in total. The third kappa shape index (κ3) is 5.27. The van der Waals surface area contributed by atoms with Crippen molar-refractivity contribution in [2.75, 3.05) is 6.54 Å². The summed E-state index contributed by atoms with van der Waals surface area (Å²) in [5.74, 6) is -2.61. The van der Waals surface area contributed by atoms with Gasteiger partial charge in [0.15, 0.2) is 0 Å². The Hall–Kier alpha value is -3.37. The molecular formula is C21H22F3N3O5. The Balaban J connectivity index is 0.000000360. The molecule has 2 aliphatic rings. The lowest BCUT2D eigenvalue weighted by molar-refractivity contribution is -0.192. The van der Waals surface area contributed by atoms with E-state index in [1.165, 1.54) is 12.5 Å². The van der Waals surface area contributed by atoms with Gasteiger partial charge in [-0.05, 0) is 38.0 Å². The van der Waals surface area contributed by atoms with Crippen LogP contribution in [0.15, 0.2) is 41.2 Å². The van der Waals surface area contributed by atoms with Crippen LogP contribution in [-0.4, -0.2) is 62.5 Å². The van der Waals surface area contributed by atoms with Gasteiger partial charge in [-0.25, -0.2) is 4.79 Å². The lowest BCUT2D eigenvalue weighted by atomic mass is 9.95. The number of amides is 2. The minimum Gasteiger partial charge on any atom is -0.475 e. The zero-order chi connectivity index (χ0) is 23.5. The number of carbonyl (C=O) groups excluding carboxylic acids is 2. The number of alkyl halides is 3. The van der Waals surface area contributed by atoms with Crippen molar-refractivity contribution < 1.29 is 37.1 Å². The molecule has 32 heavy (non-hydrogen) atoms. The number of carbonyl (C=O) groups is 3. The average molecular weight is 453 g/mol. The molecule has 4 heterocycles. The second-order valence-electron chi connectivity index (χ2n) is 7.57. The summed E-state index contributed by atoms with van der Waals surface area (Å²) in [5.41, 5.74) is 2.42. The molecule has 2 amide bonds. The molecule has 2 aromatic heterocycles. The lowest BCUT2D eigenvalue weighted by Gasteiger charge is -2.39. The number of likely N-dealkylation sites (tertiary alicyclic amines) is 2. The number of aryl methyl sites for hydroxylation is 1. The Bertz CT molecular complexity index is 977. The van der Waals surface area contributed by atoms with Crippen LogP contribution >= 0.6 is 0 Å². The first kappa shape index (κ1) is 23.3. The third-order valence-corrected chi connectivity index (χ3v) is 5.43. The Morgan fingerprint density at radius 1 is 1.22 bits per heavy atom. The van der Waals surface area contributed by atoms with Gasteiger partial charge in [0.05, 0.1) is 36.1 Å². The van der Waals surface area contributed by atoms with Crippen LogP contribution in [0.3, 0.4) is 0 Å². The summed E-state index contributed by atoms with van der Waals surface area (Å²) in [7, 11) is 0. The highest BCUT2D eigenvalue weighted by molar-refractivity contribution is 5.94. The summed E-state index contributed by atoms with van der Waals surface area (Å²) in [6, 6.07) is 7.70. The topological polar surface area (TPSA) is 104 Å². The smallest absolute Gasteiger partial charge is 0.475 e. The number of piperidine rings is 1. The predicted octanol–water partition coefficient (Wildman–Crippen LogP) is 3.02. The van der Waals surface area contributed by atoms with Gasteiger partial charge in [-0.15, -0.1) is 0 Å². The van der Waals surface area contributed by atoms with E-state index in [1.807, 2.05) is 34.9 Å². The van der Waals surface area contributed by atoms with Crippen molar-refractivity contribution in [3.8, 4) is 0 Å². The van der Waals surface area contributed by atoms with Crippen LogP contribution < -0.4 is 0 Å². The SMILES string of the molecule is Cc1cccc(CN2C(=O)CC[C@@H]3[C@H]2CCN3C(=O)c2ccoc2)n1.O=C(O)C(F)(F)F. The molecule has 0 aromatic carbocycles. The molecule has 2 atom stereocenters. The monoisotopic (exact) mass is 453 g/mol. The van der Waals surface area contributed by atoms with Crippen LogP contribution in [0.2, 0.25) is 0 Å². The normalized spacial score (nSPS) is 20.4. The summed E-state index contributed by atoms with van der Waals surface area (Å²) >= 11 is 0. The van der Waals surface area contributed by atoms with E-state index in [0.29, 0.717) is 25.1 Å². The van der Waals surface area contributed by atoms with Gasteiger partial charge in [0.1, 0.15) is 6.26 Å². The molecule has 0 radical (unpaired) electrons. The number of pyridine rings is 1. The maximum atomic E-state index is 12.7. The number of aliphatic carboxylic acids is 1. The summed E-state index contributed by atoms with van der Waals surface area (Å²) in [5, 5.41) is 7.12. The minimum atomic E-state index is -5.08. The van der Waals surface area contributed by atoms with E-state index in [1.54, 1.807) is 6.07 Å². The van der Waals surface area contributed by atoms with Crippen molar-refractivity contribution in [2.24, 2.45) is 0 Å². The number of carboxylic acid groups (broad SMARTS) is 1. The Morgan fingerprint density at radius 2 is 1.94 bits per heavy atom. The summed E-state index contributed by atoms with van der Waals surface area (Å²) in [4.78, 5) is 42.5. The number of carboxylic acids is 1. The van der Waals surface area contributed by atoms with Crippen LogP contribution in [0.1, 0.15) is 41.0 Å². The average Bonchev–Trinajstić information content (AvgIpc) is 3.39. The van der Waals surface area contributed by atoms with E-state index in [0.717, 1.165) is 24.2 Å². The predicted molar refractivity (Wildman–Crippen MR) is 104 cm³/mol. The van der Waals surface area contributed by atoms with Gasteiger partial charge in [-0.2, -0.15) is 13.2 Å². The van der Waals surface area contributed by atoms with Crippen molar-refractivity contribution in [3.05, 3.63) is 53.7 Å². The second kappa shape index (κ2) is 9.41. The van der Waals surface area contributed by atoms with Crippen molar-refractivity contribution in [2.45, 2.75) is 51.0 Å². The molecule has 0 aliphatic carbocycles. The first-order valence-electron chi connectivity index (χ1n) is 9.93. The Morgan fingerprint density at radius 3 is 2.53 bits per heavy atom. The first-order chi connectivity index (χ1) is 15.1. The molecule has 2 saturated heterocycles. The van der Waals surface area contributed by atoms with Gasteiger partial charge in [0.25, 0.3) is 5.91 Å². The molecule has 172 valence electrons. The standard InChI is InChI=1S/C19H21N3O3.C2HF3O2/c1-13-3-2-4-15(20-13)11-22-17-7-9-21(16(17)5-6-18(22)23)19(24)14-8-10-25-12-14;3-2(4,5)1(6)7/h2-4,8,10,12,16-17H,5-7,9,11H2,1H3;(H,6,7)/t16-,17-;/m1./s1. The maximum absolute atomic E-state index is 12.7. The van der Waals surface area contributed by atoms with Gasteiger partial charge in [0.2, 0.25) is 5.91 Å². The third-order valence-electron chi connectivity index (χ3n) is 5.43. The van der Waals surface area contributed by atoms with Gasteiger partial charge < -0.3 is 19.3 Å². The molecule has 4 rings (SSSR count). The summed E-state index contributed by atoms with van der Waals surface area (Å²) < 4.78 is 36.8. The first-order valence-corrected chi connectivity index (χ1v) is 9.93.